The third-order valence-electron chi connectivity index (χ3n) is 3.53. The third-order valence-corrected chi connectivity index (χ3v) is 6.24. The molecule has 0 N–H and O–H groups in total. The molecule has 2 unspecified atom stereocenters. The second-order valence-corrected chi connectivity index (χ2v) is 7.60. The normalized spacial score (nSPS) is 26.0. The van der Waals surface area contributed by atoms with Crippen molar-refractivity contribution in [3.05, 3.63) is 29.6 Å². The van der Waals surface area contributed by atoms with Crippen LogP contribution in [0.2, 0.25) is 0 Å². The first kappa shape index (κ1) is 14.0. The number of aryl methyl sites for hydroxylation is 1. The van der Waals surface area contributed by atoms with E-state index in [1.807, 2.05) is 12.3 Å². The average molecular weight is 277 g/mol. The number of nitriles is 1. The van der Waals surface area contributed by atoms with Gasteiger partial charge < -0.3 is 0 Å². The quantitative estimate of drug-likeness (QED) is 0.795. The predicted molar refractivity (Wildman–Crippen MR) is 76.0 cm³/mol. The minimum absolute atomic E-state index is 0.00553. The van der Waals surface area contributed by atoms with Crippen LogP contribution in [0.4, 0.5) is 0 Å². The van der Waals surface area contributed by atoms with Gasteiger partial charge in [-0.25, -0.2) is 4.21 Å². The number of rotatable bonds is 4. The Bertz CT molecular complexity index is 580. The van der Waals surface area contributed by atoms with Crippen LogP contribution in [0.3, 0.4) is 0 Å². The molecule has 1 fully saturated rings. The molecule has 2 atom stereocenters. The average Bonchev–Trinajstić information content (AvgIpc) is 2.74. The zero-order chi connectivity index (χ0) is 13.7. The van der Waals surface area contributed by atoms with Crippen molar-refractivity contribution in [2.75, 3.05) is 5.75 Å². The van der Waals surface area contributed by atoms with Crippen molar-refractivity contribution < 1.29 is 4.21 Å². The molecule has 1 saturated heterocycles. The Hall–Kier alpha value is -1.41. The predicted octanol–water partition coefficient (Wildman–Crippen LogP) is 2.69. The highest BCUT2D eigenvalue weighted by atomic mass is 32.2. The molecular formula is C14H19N3OS. The molecule has 2 heterocycles. The first-order valence-electron chi connectivity index (χ1n) is 6.73. The van der Waals surface area contributed by atoms with Gasteiger partial charge in [0.25, 0.3) is 0 Å². The minimum Gasteiger partial charge on any atom is -0.261 e. The topological polar surface area (TPSA) is 66.1 Å². The molecule has 1 aromatic rings. The van der Waals surface area contributed by atoms with Crippen molar-refractivity contribution in [2.24, 2.45) is 4.36 Å². The first-order valence-corrected chi connectivity index (χ1v) is 8.48. The molecule has 0 amide bonds. The number of aromatic nitrogens is 1. The molecule has 0 saturated carbocycles. The highest BCUT2D eigenvalue weighted by molar-refractivity contribution is 7.94. The second kappa shape index (κ2) is 6.16. The maximum atomic E-state index is 12.5. The van der Waals surface area contributed by atoms with Gasteiger partial charge in [-0.3, -0.25) is 4.98 Å². The van der Waals surface area contributed by atoms with Crippen LogP contribution >= 0.6 is 0 Å². The van der Waals surface area contributed by atoms with Gasteiger partial charge in [0.2, 0.25) is 6.19 Å². The maximum Gasteiger partial charge on any atom is 0.214 e. The van der Waals surface area contributed by atoms with Gasteiger partial charge in [-0.05, 0) is 37.3 Å². The SMILES string of the molecule is CCCc1ccc(CC2CCCS2(=O)=NC#N)cn1. The summed E-state index contributed by atoms with van der Waals surface area (Å²) < 4.78 is 16.2. The number of nitrogens with zero attached hydrogens (tertiary/aromatic N) is 3. The summed E-state index contributed by atoms with van der Waals surface area (Å²) in [6.07, 6.45) is 8.17. The molecule has 4 nitrogen and oxygen atoms in total. The fraction of sp³-hybridized carbons (Fsp3) is 0.571. The lowest BCUT2D eigenvalue weighted by Crippen LogP contribution is -2.18. The minimum atomic E-state index is -2.33. The number of hydrogen-bond acceptors (Lipinski definition) is 4. The molecule has 5 heteroatoms. The van der Waals surface area contributed by atoms with Crippen molar-refractivity contribution >= 4 is 9.73 Å². The molecule has 1 aliphatic rings. The number of hydrogen-bond donors (Lipinski definition) is 0. The third kappa shape index (κ3) is 3.32. The van der Waals surface area contributed by atoms with Crippen molar-refractivity contribution in [1.29, 1.82) is 5.26 Å². The monoisotopic (exact) mass is 277 g/mol. The molecule has 1 aromatic heterocycles. The van der Waals surface area contributed by atoms with E-state index in [1.54, 1.807) is 6.19 Å². The van der Waals surface area contributed by atoms with Crippen molar-refractivity contribution in [1.82, 2.24) is 4.98 Å². The molecule has 19 heavy (non-hydrogen) atoms. The Morgan fingerprint density at radius 3 is 3.05 bits per heavy atom. The Balaban J connectivity index is 2.11. The fourth-order valence-electron chi connectivity index (χ4n) is 2.53. The van der Waals surface area contributed by atoms with Crippen LogP contribution < -0.4 is 0 Å². The molecule has 0 aliphatic carbocycles. The van der Waals surface area contributed by atoms with Gasteiger partial charge in [0.05, 0.1) is 9.73 Å². The Morgan fingerprint density at radius 1 is 1.58 bits per heavy atom. The molecular weight excluding hydrogens is 258 g/mol. The van der Waals surface area contributed by atoms with E-state index in [1.165, 1.54) is 0 Å². The summed E-state index contributed by atoms with van der Waals surface area (Å²) in [7, 11) is -2.33. The molecule has 0 radical (unpaired) electrons. The van der Waals surface area contributed by atoms with Crippen LogP contribution in [0.25, 0.3) is 0 Å². The smallest absolute Gasteiger partial charge is 0.214 e. The summed E-state index contributed by atoms with van der Waals surface area (Å²) in [5.74, 6) is 0.562. The lowest BCUT2D eigenvalue weighted by Gasteiger charge is -2.12. The highest BCUT2D eigenvalue weighted by Gasteiger charge is 2.29. The van der Waals surface area contributed by atoms with E-state index in [0.717, 1.165) is 36.9 Å². The zero-order valence-corrected chi connectivity index (χ0v) is 12.0. The molecule has 102 valence electrons. The van der Waals surface area contributed by atoms with E-state index < -0.39 is 9.73 Å². The van der Waals surface area contributed by atoms with Gasteiger partial charge in [-0.15, -0.1) is 4.36 Å². The summed E-state index contributed by atoms with van der Waals surface area (Å²) in [5, 5.41) is 8.67. The van der Waals surface area contributed by atoms with Crippen molar-refractivity contribution in [3.8, 4) is 6.19 Å². The van der Waals surface area contributed by atoms with Gasteiger partial charge >= 0.3 is 0 Å². The summed E-state index contributed by atoms with van der Waals surface area (Å²) in [6, 6.07) is 4.10. The lowest BCUT2D eigenvalue weighted by atomic mass is 10.1. The molecule has 1 aliphatic heterocycles. The second-order valence-electron chi connectivity index (χ2n) is 4.96. The Morgan fingerprint density at radius 2 is 2.42 bits per heavy atom. The van der Waals surface area contributed by atoms with Crippen molar-refractivity contribution in [2.45, 2.75) is 44.3 Å². The molecule has 0 aromatic carbocycles. The highest BCUT2D eigenvalue weighted by Crippen LogP contribution is 2.25. The lowest BCUT2D eigenvalue weighted by molar-refractivity contribution is 0.667. The molecule has 0 bridgehead atoms. The van der Waals surface area contributed by atoms with E-state index in [9.17, 15) is 4.21 Å². The van der Waals surface area contributed by atoms with Crippen LogP contribution in [0.15, 0.2) is 22.7 Å². The standard InChI is InChI=1S/C14H19N3OS/c1-2-4-13-7-6-12(10-16-13)9-14-5-3-8-19(14,18)17-11-15/h6-7,10,14H,2-5,8-9H2,1H3. The van der Waals surface area contributed by atoms with Gasteiger partial charge in [-0.2, -0.15) is 5.26 Å². The van der Waals surface area contributed by atoms with Gasteiger partial charge in [-0.1, -0.05) is 19.4 Å². The Kier molecular flexibility index (Phi) is 4.54. The summed E-state index contributed by atoms with van der Waals surface area (Å²) >= 11 is 0. The van der Waals surface area contributed by atoms with E-state index in [4.69, 9.17) is 5.26 Å². The van der Waals surface area contributed by atoms with Gasteiger partial charge in [0, 0.05) is 22.9 Å². The fourth-order valence-corrected chi connectivity index (χ4v) is 4.81. The maximum absolute atomic E-state index is 12.5. The van der Waals surface area contributed by atoms with Gasteiger partial charge in [0.1, 0.15) is 0 Å². The summed E-state index contributed by atoms with van der Waals surface area (Å²) in [4.78, 5) is 4.42. The summed E-state index contributed by atoms with van der Waals surface area (Å²) in [5.41, 5.74) is 2.19. The van der Waals surface area contributed by atoms with Crippen LogP contribution in [0.5, 0.6) is 0 Å². The first-order chi connectivity index (χ1) is 9.18. The van der Waals surface area contributed by atoms with E-state index in [2.05, 4.69) is 22.3 Å². The van der Waals surface area contributed by atoms with Crippen LogP contribution in [-0.2, 0) is 22.6 Å². The van der Waals surface area contributed by atoms with Crippen LogP contribution in [0.1, 0.15) is 37.4 Å². The van der Waals surface area contributed by atoms with E-state index >= 15 is 0 Å². The van der Waals surface area contributed by atoms with Gasteiger partial charge in [0.15, 0.2) is 0 Å². The van der Waals surface area contributed by atoms with E-state index in [0.29, 0.717) is 12.2 Å². The molecule has 0 spiro atoms. The Labute approximate surface area is 115 Å². The van der Waals surface area contributed by atoms with Crippen molar-refractivity contribution in [3.63, 3.8) is 0 Å². The molecule has 2 rings (SSSR count). The van der Waals surface area contributed by atoms with Crippen LogP contribution in [-0.4, -0.2) is 20.2 Å². The zero-order valence-electron chi connectivity index (χ0n) is 11.2. The number of pyridine rings is 1. The van der Waals surface area contributed by atoms with E-state index in [-0.39, 0.29) is 5.25 Å². The largest absolute Gasteiger partial charge is 0.261 e. The summed E-state index contributed by atoms with van der Waals surface area (Å²) in [6.45, 7) is 2.13. The van der Waals surface area contributed by atoms with Crippen LogP contribution in [0, 0.1) is 11.5 Å².